The first kappa shape index (κ1) is 14.8. The summed E-state index contributed by atoms with van der Waals surface area (Å²) in [5.74, 6) is -0.737. The normalized spacial score (nSPS) is 10.4. The van der Waals surface area contributed by atoms with Gasteiger partial charge in [0.25, 0.3) is 0 Å². The molecule has 2 nitrogen and oxygen atoms in total. The highest BCUT2D eigenvalue weighted by molar-refractivity contribution is 6.35. The maximum atomic E-state index is 14.0. The van der Waals surface area contributed by atoms with E-state index in [9.17, 15) is 9.18 Å². The Morgan fingerprint density at radius 1 is 1.25 bits per heavy atom. The van der Waals surface area contributed by atoms with E-state index < -0.39 is 5.82 Å². The van der Waals surface area contributed by atoms with Crippen LogP contribution in [0.25, 0.3) is 0 Å². The minimum absolute atomic E-state index is 0.104. The minimum Gasteiger partial charge on any atom is -0.494 e. The molecule has 0 heterocycles. The third-order valence-electron chi connectivity index (χ3n) is 2.84. The fourth-order valence-corrected chi connectivity index (χ4v) is 2.22. The number of carbonyl (C=O) groups excluding carboxylic acids is 1. The van der Waals surface area contributed by atoms with Crippen molar-refractivity contribution in [2.45, 2.75) is 6.42 Å². The average Bonchev–Trinajstić information content (AvgIpc) is 2.43. The largest absolute Gasteiger partial charge is 0.494 e. The van der Waals surface area contributed by atoms with Crippen molar-refractivity contribution >= 4 is 29.0 Å². The summed E-state index contributed by atoms with van der Waals surface area (Å²) in [7, 11) is 1.37. The highest BCUT2D eigenvalue weighted by atomic mass is 35.5. The second-order valence-corrected chi connectivity index (χ2v) is 5.00. The molecule has 0 fully saturated rings. The predicted octanol–water partition coefficient (Wildman–Crippen LogP) is 4.57. The zero-order chi connectivity index (χ0) is 14.7. The van der Waals surface area contributed by atoms with Crippen LogP contribution < -0.4 is 4.74 Å². The van der Waals surface area contributed by atoms with E-state index in [1.54, 1.807) is 18.2 Å². The summed E-state index contributed by atoms with van der Waals surface area (Å²) in [4.78, 5) is 12.2. The lowest BCUT2D eigenvalue weighted by atomic mass is 10.0. The van der Waals surface area contributed by atoms with Gasteiger partial charge in [-0.2, -0.15) is 0 Å². The van der Waals surface area contributed by atoms with E-state index >= 15 is 0 Å². The number of carbonyl (C=O) groups is 1. The SMILES string of the molecule is COc1cccc(CC(=O)c2cc(Cl)ccc2Cl)c1F. The lowest BCUT2D eigenvalue weighted by Crippen LogP contribution is -2.06. The summed E-state index contributed by atoms with van der Waals surface area (Å²) >= 11 is 11.8. The fraction of sp³-hybridized carbons (Fsp3) is 0.133. The molecular weight excluding hydrogens is 302 g/mol. The summed E-state index contributed by atoms with van der Waals surface area (Å²) in [5, 5.41) is 0.701. The van der Waals surface area contributed by atoms with Gasteiger partial charge < -0.3 is 4.74 Å². The molecule has 0 radical (unpaired) electrons. The second-order valence-electron chi connectivity index (χ2n) is 4.16. The summed E-state index contributed by atoms with van der Waals surface area (Å²) < 4.78 is 18.9. The quantitative estimate of drug-likeness (QED) is 0.773. The van der Waals surface area contributed by atoms with Gasteiger partial charge in [0.15, 0.2) is 17.3 Å². The molecule has 0 aliphatic carbocycles. The summed E-state index contributed by atoms with van der Waals surface area (Å²) in [6.07, 6.45) is -0.108. The number of Topliss-reactive ketones (excluding diaryl/α,β-unsaturated/α-hetero) is 1. The Kier molecular flexibility index (Phi) is 4.63. The van der Waals surface area contributed by atoms with Crippen LogP contribution in [0.1, 0.15) is 15.9 Å². The van der Waals surface area contributed by atoms with Crippen LogP contribution in [0.5, 0.6) is 5.75 Å². The predicted molar refractivity (Wildman–Crippen MR) is 77.4 cm³/mol. The number of ketones is 1. The molecule has 0 spiro atoms. The standard InChI is InChI=1S/C15H11Cl2FO2/c1-20-14-4-2-3-9(15(14)18)7-13(19)11-8-10(16)5-6-12(11)17/h2-6,8H,7H2,1H3. The number of hydrogen-bond donors (Lipinski definition) is 0. The number of benzene rings is 2. The zero-order valence-corrected chi connectivity index (χ0v) is 12.1. The van der Waals surface area contributed by atoms with E-state index in [0.717, 1.165) is 0 Å². The Balaban J connectivity index is 2.30. The van der Waals surface area contributed by atoms with Gasteiger partial charge >= 0.3 is 0 Å². The first-order valence-electron chi connectivity index (χ1n) is 5.82. The van der Waals surface area contributed by atoms with Crippen molar-refractivity contribution in [1.82, 2.24) is 0 Å². The van der Waals surface area contributed by atoms with Gasteiger partial charge in [0.2, 0.25) is 0 Å². The smallest absolute Gasteiger partial charge is 0.168 e. The average molecular weight is 313 g/mol. The third-order valence-corrected chi connectivity index (χ3v) is 3.41. The summed E-state index contributed by atoms with van der Waals surface area (Å²) in [6, 6.07) is 9.27. The van der Waals surface area contributed by atoms with Crippen molar-refractivity contribution in [3.8, 4) is 5.75 Å². The molecule has 0 saturated heterocycles. The highest BCUT2D eigenvalue weighted by Crippen LogP contribution is 2.25. The van der Waals surface area contributed by atoms with Crippen LogP contribution >= 0.6 is 23.2 Å². The molecule has 0 aliphatic rings. The van der Waals surface area contributed by atoms with Crippen LogP contribution in [-0.4, -0.2) is 12.9 Å². The Hall–Kier alpha value is -1.58. The molecule has 0 aromatic heterocycles. The van der Waals surface area contributed by atoms with E-state index in [0.29, 0.717) is 10.0 Å². The molecule has 20 heavy (non-hydrogen) atoms. The molecule has 2 aromatic rings. The van der Waals surface area contributed by atoms with E-state index in [2.05, 4.69) is 0 Å². The molecule has 104 valence electrons. The van der Waals surface area contributed by atoms with Gasteiger partial charge in [-0.05, 0) is 29.8 Å². The molecule has 0 saturated carbocycles. The van der Waals surface area contributed by atoms with E-state index in [1.165, 1.54) is 25.3 Å². The highest BCUT2D eigenvalue weighted by Gasteiger charge is 2.16. The van der Waals surface area contributed by atoms with Gasteiger partial charge in [0.1, 0.15) is 0 Å². The molecule has 0 amide bonds. The van der Waals surface area contributed by atoms with Crippen molar-refractivity contribution in [3.63, 3.8) is 0 Å². The molecule has 0 bridgehead atoms. The molecule has 0 aliphatic heterocycles. The minimum atomic E-state index is -0.540. The van der Waals surface area contributed by atoms with Gasteiger partial charge in [-0.3, -0.25) is 4.79 Å². The van der Waals surface area contributed by atoms with Crippen molar-refractivity contribution < 1.29 is 13.9 Å². The number of ether oxygens (including phenoxy) is 1. The first-order chi connectivity index (χ1) is 9.52. The molecule has 0 unspecified atom stereocenters. The van der Waals surface area contributed by atoms with Crippen LogP contribution in [0.15, 0.2) is 36.4 Å². The topological polar surface area (TPSA) is 26.3 Å². The third kappa shape index (κ3) is 3.11. The molecule has 5 heteroatoms. The monoisotopic (exact) mass is 312 g/mol. The summed E-state index contributed by atoms with van der Waals surface area (Å²) in [6.45, 7) is 0. The lowest BCUT2D eigenvalue weighted by Gasteiger charge is -2.08. The van der Waals surface area contributed by atoms with Crippen LogP contribution in [0, 0.1) is 5.82 Å². The Bertz CT molecular complexity index is 656. The first-order valence-corrected chi connectivity index (χ1v) is 6.58. The van der Waals surface area contributed by atoms with Gasteiger partial charge in [-0.1, -0.05) is 35.3 Å². The molecule has 0 N–H and O–H groups in total. The fourth-order valence-electron chi connectivity index (χ4n) is 1.83. The number of methoxy groups -OCH3 is 1. The summed E-state index contributed by atoms with van der Waals surface area (Å²) in [5.41, 5.74) is 0.534. The number of rotatable bonds is 4. The van der Waals surface area contributed by atoms with Crippen LogP contribution in [0.2, 0.25) is 10.0 Å². The van der Waals surface area contributed by atoms with Gasteiger partial charge in [-0.25, -0.2) is 4.39 Å². The second kappa shape index (κ2) is 6.25. The van der Waals surface area contributed by atoms with Crippen LogP contribution in [0.4, 0.5) is 4.39 Å². The Labute approximate surface area is 126 Å². The van der Waals surface area contributed by atoms with E-state index in [1.807, 2.05) is 0 Å². The zero-order valence-electron chi connectivity index (χ0n) is 10.6. The number of hydrogen-bond acceptors (Lipinski definition) is 2. The van der Waals surface area contributed by atoms with Gasteiger partial charge in [-0.15, -0.1) is 0 Å². The van der Waals surface area contributed by atoms with E-state index in [-0.39, 0.29) is 29.1 Å². The molecule has 0 atom stereocenters. The Morgan fingerprint density at radius 3 is 2.70 bits per heavy atom. The molecule has 2 rings (SSSR count). The van der Waals surface area contributed by atoms with Crippen molar-refractivity contribution in [1.29, 1.82) is 0 Å². The molecule has 2 aromatic carbocycles. The number of halogens is 3. The van der Waals surface area contributed by atoms with Crippen LogP contribution in [-0.2, 0) is 6.42 Å². The van der Waals surface area contributed by atoms with Crippen molar-refractivity contribution in [3.05, 3.63) is 63.4 Å². The van der Waals surface area contributed by atoms with Crippen molar-refractivity contribution in [2.75, 3.05) is 7.11 Å². The van der Waals surface area contributed by atoms with Crippen LogP contribution in [0.3, 0.4) is 0 Å². The Morgan fingerprint density at radius 2 is 2.00 bits per heavy atom. The van der Waals surface area contributed by atoms with Crippen molar-refractivity contribution in [2.24, 2.45) is 0 Å². The maximum absolute atomic E-state index is 14.0. The maximum Gasteiger partial charge on any atom is 0.168 e. The van der Waals surface area contributed by atoms with E-state index in [4.69, 9.17) is 27.9 Å². The van der Waals surface area contributed by atoms with Gasteiger partial charge in [0, 0.05) is 17.0 Å². The molecular formula is C15H11Cl2FO2. The van der Waals surface area contributed by atoms with Gasteiger partial charge in [0.05, 0.1) is 12.1 Å². The lowest BCUT2D eigenvalue weighted by molar-refractivity contribution is 0.0992.